The predicted octanol–water partition coefficient (Wildman–Crippen LogP) is 4.08. The van der Waals surface area contributed by atoms with Crippen LogP contribution in [0.1, 0.15) is 18.1 Å². The molecular formula is C19H19F2NO3S. The zero-order chi connectivity index (χ0) is 19.1. The number of rotatable bonds is 7. The van der Waals surface area contributed by atoms with Gasteiger partial charge in [-0.05, 0) is 31.5 Å². The lowest BCUT2D eigenvalue weighted by Crippen LogP contribution is -2.30. The number of esters is 1. The largest absolute Gasteiger partial charge is 0.452 e. The highest BCUT2D eigenvalue weighted by Crippen LogP contribution is 2.15. The second kappa shape index (κ2) is 9.33. The summed E-state index contributed by atoms with van der Waals surface area (Å²) in [4.78, 5) is 23.8. The first kappa shape index (κ1) is 19.9. The van der Waals surface area contributed by atoms with Crippen LogP contribution >= 0.6 is 11.8 Å². The highest BCUT2D eigenvalue weighted by Gasteiger charge is 2.18. The van der Waals surface area contributed by atoms with Crippen molar-refractivity contribution in [3.8, 4) is 0 Å². The standard InChI is InChI=1S/C19H19F2NO3S/c1-12-3-5-14(6-4-12)10-26-11-18(23)25-13(2)19(24)22-15-7-8-16(20)17(21)9-15/h3-9,13H,10-11H2,1-2H3,(H,22,24)/t13-/m1/s1. The first-order valence-corrected chi connectivity index (χ1v) is 9.09. The fourth-order valence-corrected chi connectivity index (χ4v) is 2.80. The molecular weight excluding hydrogens is 360 g/mol. The van der Waals surface area contributed by atoms with E-state index >= 15 is 0 Å². The first-order chi connectivity index (χ1) is 12.3. The SMILES string of the molecule is Cc1ccc(CSCC(=O)O[C@H](C)C(=O)Nc2ccc(F)c(F)c2)cc1. The fraction of sp³-hybridized carbons (Fsp3) is 0.263. The molecule has 0 fully saturated rings. The molecule has 0 saturated heterocycles. The van der Waals surface area contributed by atoms with E-state index in [0.29, 0.717) is 5.75 Å². The Hall–Kier alpha value is -2.41. The molecule has 0 unspecified atom stereocenters. The van der Waals surface area contributed by atoms with Crippen LogP contribution in [-0.2, 0) is 20.1 Å². The summed E-state index contributed by atoms with van der Waals surface area (Å²) >= 11 is 1.38. The van der Waals surface area contributed by atoms with Crippen LogP contribution in [0.2, 0.25) is 0 Å². The zero-order valence-electron chi connectivity index (χ0n) is 14.4. The van der Waals surface area contributed by atoms with Gasteiger partial charge in [0.15, 0.2) is 17.7 Å². The Labute approximate surface area is 154 Å². The molecule has 0 heterocycles. The normalized spacial score (nSPS) is 11.7. The van der Waals surface area contributed by atoms with Crippen molar-refractivity contribution in [2.75, 3.05) is 11.1 Å². The second-order valence-electron chi connectivity index (χ2n) is 5.73. The maximum Gasteiger partial charge on any atom is 0.316 e. The molecule has 4 nitrogen and oxygen atoms in total. The number of hydrogen-bond donors (Lipinski definition) is 1. The summed E-state index contributed by atoms with van der Waals surface area (Å²) in [5, 5.41) is 2.37. The van der Waals surface area contributed by atoms with Crippen LogP contribution in [-0.4, -0.2) is 23.7 Å². The number of anilines is 1. The lowest BCUT2D eigenvalue weighted by atomic mass is 10.2. The van der Waals surface area contributed by atoms with Crippen LogP contribution in [0, 0.1) is 18.6 Å². The number of benzene rings is 2. The van der Waals surface area contributed by atoms with Crippen LogP contribution in [0.5, 0.6) is 0 Å². The average molecular weight is 379 g/mol. The third kappa shape index (κ3) is 6.15. The van der Waals surface area contributed by atoms with E-state index in [9.17, 15) is 18.4 Å². The Morgan fingerprint density at radius 1 is 1.12 bits per heavy atom. The Bertz CT molecular complexity index is 781. The number of amides is 1. The van der Waals surface area contributed by atoms with Crippen molar-refractivity contribution in [3.63, 3.8) is 0 Å². The zero-order valence-corrected chi connectivity index (χ0v) is 15.2. The molecule has 0 aromatic heterocycles. The summed E-state index contributed by atoms with van der Waals surface area (Å²) in [6.07, 6.45) is -1.05. The van der Waals surface area contributed by atoms with Gasteiger partial charge in [-0.2, -0.15) is 0 Å². The van der Waals surface area contributed by atoms with E-state index in [0.717, 1.165) is 17.7 Å². The lowest BCUT2D eigenvalue weighted by molar-refractivity contribution is -0.150. The molecule has 0 bridgehead atoms. The Morgan fingerprint density at radius 3 is 2.46 bits per heavy atom. The topological polar surface area (TPSA) is 55.4 Å². The molecule has 1 N–H and O–H groups in total. The van der Waals surface area contributed by atoms with Crippen LogP contribution in [0.3, 0.4) is 0 Å². The number of aryl methyl sites for hydroxylation is 1. The molecule has 0 radical (unpaired) electrons. The summed E-state index contributed by atoms with van der Waals surface area (Å²) in [6.45, 7) is 3.42. The van der Waals surface area contributed by atoms with E-state index in [2.05, 4.69) is 5.32 Å². The Kier molecular flexibility index (Phi) is 7.15. The highest BCUT2D eigenvalue weighted by molar-refractivity contribution is 7.99. The molecule has 1 atom stereocenters. The van der Waals surface area contributed by atoms with Gasteiger partial charge >= 0.3 is 5.97 Å². The molecule has 1 amide bonds. The maximum absolute atomic E-state index is 13.1. The van der Waals surface area contributed by atoms with Crippen molar-refractivity contribution in [1.82, 2.24) is 0 Å². The van der Waals surface area contributed by atoms with Crippen LogP contribution in [0.15, 0.2) is 42.5 Å². The maximum atomic E-state index is 13.1. The summed E-state index contributed by atoms with van der Waals surface area (Å²) in [5.41, 5.74) is 2.35. The Balaban J connectivity index is 1.75. The van der Waals surface area contributed by atoms with Gasteiger partial charge < -0.3 is 10.1 Å². The van der Waals surface area contributed by atoms with E-state index in [4.69, 9.17) is 4.74 Å². The summed E-state index contributed by atoms with van der Waals surface area (Å²) in [7, 11) is 0. The van der Waals surface area contributed by atoms with Gasteiger partial charge in [0.05, 0.1) is 5.75 Å². The monoisotopic (exact) mass is 379 g/mol. The van der Waals surface area contributed by atoms with Gasteiger partial charge in [-0.3, -0.25) is 9.59 Å². The predicted molar refractivity (Wildman–Crippen MR) is 97.9 cm³/mol. The number of halogens is 2. The van der Waals surface area contributed by atoms with Crippen molar-refractivity contribution >= 4 is 29.3 Å². The van der Waals surface area contributed by atoms with Crippen molar-refractivity contribution in [2.45, 2.75) is 25.7 Å². The molecule has 0 spiro atoms. The molecule has 2 aromatic carbocycles. The number of carbonyl (C=O) groups excluding carboxylic acids is 2. The molecule has 0 aliphatic carbocycles. The number of ether oxygens (including phenoxy) is 1. The summed E-state index contributed by atoms with van der Waals surface area (Å²) in [5.74, 6) is -2.45. The van der Waals surface area contributed by atoms with Crippen molar-refractivity contribution in [3.05, 3.63) is 65.2 Å². The number of carbonyl (C=O) groups is 2. The van der Waals surface area contributed by atoms with Gasteiger partial charge in [0.1, 0.15) is 0 Å². The molecule has 0 aliphatic rings. The third-order valence-electron chi connectivity index (χ3n) is 3.47. The van der Waals surface area contributed by atoms with Crippen LogP contribution in [0.4, 0.5) is 14.5 Å². The van der Waals surface area contributed by atoms with E-state index in [1.54, 1.807) is 0 Å². The minimum atomic E-state index is -1.07. The molecule has 0 saturated carbocycles. The average Bonchev–Trinajstić information content (AvgIpc) is 2.60. The van der Waals surface area contributed by atoms with E-state index in [-0.39, 0.29) is 11.4 Å². The Morgan fingerprint density at radius 2 is 1.81 bits per heavy atom. The number of nitrogens with one attached hydrogen (secondary N) is 1. The van der Waals surface area contributed by atoms with Gasteiger partial charge in [0.2, 0.25) is 0 Å². The fourth-order valence-electron chi connectivity index (χ4n) is 2.04. The van der Waals surface area contributed by atoms with E-state index in [1.807, 2.05) is 31.2 Å². The first-order valence-electron chi connectivity index (χ1n) is 7.94. The van der Waals surface area contributed by atoms with Gasteiger partial charge in [0, 0.05) is 17.5 Å². The lowest BCUT2D eigenvalue weighted by Gasteiger charge is -2.13. The van der Waals surface area contributed by atoms with Gasteiger partial charge in [-0.1, -0.05) is 29.8 Å². The van der Waals surface area contributed by atoms with Gasteiger partial charge in [-0.15, -0.1) is 11.8 Å². The van der Waals surface area contributed by atoms with Crippen LogP contribution < -0.4 is 5.32 Å². The van der Waals surface area contributed by atoms with Gasteiger partial charge in [-0.25, -0.2) is 8.78 Å². The molecule has 7 heteroatoms. The van der Waals surface area contributed by atoms with E-state index in [1.165, 1.54) is 30.3 Å². The third-order valence-corrected chi connectivity index (χ3v) is 4.45. The van der Waals surface area contributed by atoms with Crippen molar-refractivity contribution < 1.29 is 23.1 Å². The summed E-state index contributed by atoms with van der Waals surface area (Å²) in [6, 6.07) is 11.0. The minimum Gasteiger partial charge on any atom is -0.452 e. The van der Waals surface area contributed by atoms with E-state index < -0.39 is 29.6 Å². The smallest absolute Gasteiger partial charge is 0.316 e. The van der Waals surface area contributed by atoms with Crippen molar-refractivity contribution in [1.29, 1.82) is 0 Å². The number of thioether (sulfide) groups is 1. The molecule has 2 aromatic rings. The summed E-state index contributed by atoms with van der Waals surface area (Å²) < 4.78 is 31.1. The molecule has 26 heavy (non-hydrogen) atoms. The van der Waals surface area contributed by atoms with Crippen LogP contribution in [0.25, 0.3) is 0 Å². The highest BCUT2D eigenvalue weighted by atomic mass is 32.2. The molecule has 0 aliphatic heterocycles. The molecule has 2 rings (SSSR count). The number of hydrogen-bond acceptors (Lipinski definition) is 4. The minimum absolute atomic E-state index is 0.0885. The van der Waals surface area contributed by atoms with Crippen molar-refractivity contribution in [2.24, 2.45) is 0 Å². The second-order valence-corrected chi connectivity index (χ2v) is 6.71. The molecule has 138 valence electrons. The quantitative estimate of drug-likeness (QED) is 0.737. The van der Waals surface area contributed by atoms with Gasteiger partial charge in [0.25, 0.3) is 5.91 Å².